The van der Waals surface area contributed by atoms with Crippen molar-refractivity contribution < 1.29 is 24.5 Å². The maximum atomic E-state index is 13.9. The first-order valence-corrected chi connectivity index (χ1v) is 13.4. The van der Waals surface area contributed by atoms with Gasteiger partial charge in [0.05, 0.1) is 13.2 Å². The van der Waals surface area contributed by atoms with Crippen molar-refractivity contribution in [1.29, 1.82) is 0 Å². The number of rotatable bonds is 10. The third-order valence-corrected chi connectivity index (χ3v) is 7.85. The Morgan fingerprint density at radius 1 is 1.16 bits per heavy atom. The molecule has 38 heavy (non-hydrogen) atoms. The number of H-pyrrole nitrogens is 1. The number of nitrogens with zero attached hydrogens (tertiary/aromatic N) is 3. The standard InChI is InChI=1S/C29H36N4O5/c1-4-31(14-15-34)12-7-13-32-27(36)29(3)18-23-22-17-21(38-5-2)10-11-24(22)30-25(23)26(33(29)28(32)37)19-8-6-9-20(35)16-19/h6,8-11,16-17,26,30,34-35H,4-5,7,12-15,18H2,1-3H3. The fourth-order valence-corrected chi connectivity index (χ4v) is 6.01. The molecule has 3 amide bonds. The Balaban J connectivity index is 1.56. The number of phenols is 1. The Bertz CT molecular complexity index is 1350. The van der Waals surface area contributed by atoms with Crippen LogP contribution in [0.1, 0.15) is 50.1 Å². The van der Waals surface area contributed by atoms with E-state index in [0.29, 0.717) is 39.1 Å². The van der Waals surface area contributed by atoms with Crippen molar-refractivity contribution in [2.75, 3.05) is 39.4 Å². The summed E-state index contributed by atoms with van der Waals surface area (Å²) in [6.45, 7) is 8.78. The highest BCUT2D eigenvalue weighted by atomic mass is 16.5. The van der Waals surface area contributed by atoms with Gasteiger partial charge in [0.2, 0.25) is 0 Å². The topological polar surface area (TPSA) is 109 Å². The van der Waals surface area contributed by atoms with Crippen LogP contribution < -0.4 is 4.74 Å². The molecular formula is C29H36N4O5. The minimum atomic E-state index is -1.08. The summed E-state index contributed by atoms with van der Waals surface area (Å²) in [4.78, 5) is 36.6. The number of aliphatic hydroxyl groups is 1. The van der Waals surface area contributed by atoms with E-state index in [9.17, 15) is 19.8 Å². The molecule has 2 aliphatic rings. The number of aliphatic hydroxyl groups excluding tert-OH is 1. The number of aromatic hydroxyl groups is 1. The summed E-state index contributed by atoms with van der Waals surface area (Å²) in [7, 11) is 0. The maximum absolute atomic E-state index is 13.9. The van der Waals surface area contributed by atoms with E-state index < -0.39 is 11.6 Å². The number of likely N-dealkylation sites (N-methyl/N-ethyl adjacent to an activating group) is 1. The zero-order chi connectivity index (χ0) is 27.0. The van der Waals surface area contributed by atoms with E-state index in [1.807, 2.05) is 45.0 Å². The van der Waals surface area contributed by atoms with Gasteiger partial charge in [-0.2, -0.15) is 0 Å². The lowest BCUT2D eigenvalue weighted by atomic mass is 9.81. The fraction of sp³-hybridized carbons (Fsp3) is 0.448. The smallest absolute Gasteiger partial charge is 0.328 e. The number of amides is 3. The van der Waals surface area contributed by atoms with Crippen LogP contribution in [-0.2, 0) is 11.2 Å². The van der Waals surface area contributed by atoms with Gasteiger partial charge < -0.3 is 24.8 Å². The molecule has 3 aromatic rings. The first kappa shape index (κ1) is 26.1. The average molecular weight is 521 g/mol. The normalized spacial score (nSPS) is 20.9. The summed E-state index contributed by atoms with van der Waals surface area (Å²) in [6.07, 6.45) is 0.998. The van der Waals surface area contributed by atoms with Gasteiger partial charge in [-0.15, -0.1) is 0 Å². The number of imide groups is 1. The molecule has 2 aliphatic heterocycles. The number of carbonyl (C=O) groups is 2. The Morgan fingerprint density at radius 2 is 1.97 bits per heavy atom. The van der Waals surface area contributed by atoms with E-state index in [1.165, 1.54) is 4.90 Å². The largest absolute Gasteiger partial charge is 0.508 e. The van der Waals surface area contributed by atoms with Crippen LogP contribution in [0.3, 0.4) is 0 Å². The minimum Gasteiger partial charge on any atom is -0.508 e. The number of ether oxygens (including phenoxy) is 1. The molecule has 0 aliphatic carbocycles. The van der Waals surface area contributed by atoms with Crippen molar-refractivity contribution >= 4 is 22.8 Å². The van der Waals surface area contributed by atoms with Gasteiger partial charge >= 0.3 is 6.03 Å². The van der Waals surface area contributed by atoms with E-state index in [2.05, 4.69) is 9.88 Å². The van der Waals surface area contributed by atoms with Crippen molar-refractivity contribution in [3.05, 3.63) is 59.3 Å². The summed E-state index contributed by atoms with van der Waals surface area (Å²) in [5.41, 5.74) is 2.40. The predicted octanol–water partition coefficient (Wildman–Crippen LogP) is 3.64. The second-order valence-electron chi connectivity index (χ2n) is 10.2. The second-order valence-corrected chi connectivity index (χ2v) is 10.2. The molecule has 2 atom stereocenters. The first-order chi connectivity index (χ1) is 18.3. The molecule has 9 nitrogen and oxygen atoms in total. The van der Waals surface area contributed by atoms with Gasteiger partial charge in [0, 0.05) is 36.1 Å². The Morgan fingerprint density at radius 3 is 2.68 bits per heavy atom. The lowest BCUT2D eigenvalue weighted by Gasteiger charge is -2.42. The number of aromatic nitrogens is 1. The van der Waals surface area contributed by atoms with Gasteiger partial charge in [-0.05, 0) is 74.8 Å². The number of aromatic amines is 1. The van der Waals surface area contributed by atoms with E-state index in [4.69, 9.17) is 4.74 Å². The minimum absolute atomic E-state index is 0.0730. The SMILES string of the molecule is CCOc1ccc2[nH]c3c(c2c1)CC1(C)C(=O)N(CCCN(CC)CCO)C(=O)N1C3c1cccc(O)c1. The lowest BCUT2D eigenvalue weighted by Crippen LogP contribution is -2.53. The Hall–Kier alpha value is -3.56. The molecule has 1 fully saturated rings. The molecule has 0 saturated carbocycles. The van der Waals surface area contributed by atoms with Gasteiger partial charge in [0.25, 0.3) is 5.91 Å². The number of hydrogen-bond donors (Lipinski definition) is 3. The Kier molecular flexibility index (Phi) is 7.07. The van der Waals surface area contributed by atoms with E-state index in [-0.39, 0.29) is 24.3 Å². The van der Waals surface area contributed by atoms with Crippen LogP contribution in [0.25, 0.3) is 10.9 Å². The van der Waals surface area contributed by atoms with Crippen molar-refractivity contribution in [2.45, 2.75) is 45.2 Å². The third-order valence-electron chi connectivity index (χ3n) is 7.85. The molecule has 5 rings (SSSR count). The molecule has 1 saturated heterocycles. The monoisotopic (exact) mass is 520 g/mol. The highest BCUT2D eigenvalue weighted by molar-refractivity contribution is 6.08. The number of hydrogen-bond acceptors (Lipinski definition) is 6. The van der Waals surface area contributed by atoms with Gasteiger partial charge in [0.15, 0.2) is 0 Å². The Labute approximate surface area is 222 Å². The van der Waals surface area contributed by atoms with Crippen molar-refractivity contribution in [3.8, 4) is 11.5 Å². The third kappa shape index (κ3) is 4.29. The van der Waals surface area contributed by atoms with Crippen LogP contribution in [0.4, 0.5) is 4.79 Å². The quantitative estimate of drug-likeness (QED) is 0.352. The molecule has 1 aromatic heterocycles. The van der Waals surface area contributed by atoms with E-state index >= 15 is 0 Å². The zero-order valence-corrected chi connectivity index (χ0v) is 22.2. The number of benzene rings is 2. The van der Waals surface area contributed by atoms with Gasteiger partial charge in [-0.3, -0.25) is 14.6 Å². The zero-order valence-electron chi connectivity index (χ0n) is 22.2. The predicted molar refractivity (Wildman–Crippen MR) is 144 cm³/mol. The fourth-order valence-electron chi connectivity index (χ4n) is 6.01. The average Bonchev–Trinajstić information content (AvgIpc) is 3.34. The molecule has 9 heteroatoms. The van der Waals surface area contributed by atoms with Crippen LogP contribution in [0.2, 0.25) is 0 Å². The molecule has 0 radical (unpaired) electrons. The van der Waals surface area contributed by atoms with Crippen LogP contribution in [-0.4, -0.2) is 86.8 Å². The van der Waals surface area contributed by atoms with Gasteiger partial charge in [-0.1, -0.05) is 19.1 Å². The molecule has 0 spiro atoms. The summed E-state index contributed by atoms with van der Waals surface area (Å²) in [5, 5.41) is 20.6. The highest BCUT2D eigenvalue weighted by Gasteiger charge is 2.60. The molecule has 3 heterocycles. The number of fused-ring (bicyclic) bond motifs is 4. The first-order valence-electron chi connectivity index (χ1n) is 13.4. The lowest BCUT2D eigenvalue weighted by molar-refractivity contribution is -0.133. The number of nitrogens with one attached hydrogen (secondary N) is 1. The molecular weight excluding hydrogens is 484 g/mol. The van der Waals surface area contributed by atoms with E-state index in [0.717, 1.165) is 40.0 Å². The molecule has 3 N–H and O–H groups in total. The molecule has 2 unspecified atom stereocenters. The summed E-state index contributed by atoms with van der Waals surface area (Å²) in [5.74, 6) is 0.644. The van der Waals surface area contributed by atoms with Crippen LogP contribution in [0.5, 0.6) is 11.5 Å². The molecule has 2 aromatic carbocycles. The highest BCUT2D eigenvalue weighted by Crippen LogP contribution is 2.49. The maximum Gasteiger partial charge on any atom is 0.328 e. The number of carbonyl (C=O) groups excluding carboxylic acids is 2. The van der Waals surface area contributed by atoms with Crippen molar-refractivity contribution in [3.63, 3.8) is 0 Å². The van der Waals surface area contributed by atoms with Crippen LogP contribution in [0, 0.1) is 0 Å². The van der Waals surface area contributed by atoms with Crippen molar-refractivity contribution in [2.24, 2.45) is 0 Å². The number of urea groups is 1. The number of phenolic OH excluding ortho intramolecular Hbond substituents is 1. The second kappa shape index (κ2) is 10.3. The van der Waals surface area contributed by atoms with Crippen molar-refractivity contribution in [1.82, 2.24) is 19.7 Å². The van der Waals surface area contributed by atoms with E-state index in [1.54, 1.807) is 23.1 Å². The van der Waals surface area contributed by atoms with Gasteiger partial charge in [0.1, 0.15) is 23.1 Å². The van der Waals surface area contributed by atoms with Crippen LogP contribution >= 0.6 is 0 Å². The summed E-state index contributed by atoms with van der Waals surface area (Å²) >= 11 is 0. The molecule has 202 valence electrons. The van der Waals surface area contributed by atoms with Crippen LogP contribution in [0.15, 0.2) is 42.5 Å². The summed E-state index contributed by atoms with van der Waals surface area (Å²) < 4.78 is 5.75. The molecule has 0 bridgehead atoms. The summed E-state index contributed by atoms with van der Waals surface area (Å²) in [6, 6.07) is 11.9. The van der Waals surface area contributed by atoms with Gasteiger partial charge in [-0.25, -0.2) is 4.79 Å².